The first-order valence-electron chi connectivity index (χ1n) is 12.4. The molecule has 37 heavy (non-hydrogen) atoms. The van der Waals surface area contributed by atoms with E-state index in [2.05, 4.69) is 5.32 Å². The minimum atomic E-state index is -1.02. The molecule has 1 fully saturated rings. The molecule has 0 aliphatic heterocycles. The maximum Gasteiger partial charge on any atom is 0.328 e. The number of halogens is 1. The second-order valence-electron chi connectivity index (χ2n) is 9.25. The standard InChI is InChI=1S/C30H26FN3O3/c31-23-12-9-21(10-13-23)29-28(20-4-2-1-3-5-20)34-26-18-22(11-16-25(26)33-29)30(37)32-24-14-6-19(7-15-24)8-17-27(35)36/h6-18,20H,1-5H2,(H,32,37)(H,35,36)/b17-8+. The summed E-state index contributed by atoms with van der Waals surface area (Å²) in [5.41, 5.74) is 5.60. The van der Waals surface area contributed by atoms with Crippen molar-refractivity contribution in [2.75, 3.05) is 5.32 Å². The third kappa shape index (κ3) is 5.72. The Kier molecular flexibility index (Phi) is 7.03. The van der Waals surface area contributed by atoms with Gasteiger partial charge in [-0.2, -0.15) is 0 Å². The zero-order valence-electron chi connectivity index (χ0n) is 20.2. The fourth-order valence-corrected chi connectivity index (χ4v) is 4.74. The number of amides is 1. The summed E-state index contributed by atoms with van der Waals surface area (Å²) in [4.78, 5) is 33.6. The summed E-state index contributed by atoms with van der Waals surface area (Å²) in [7, 11) is 0. The van der Waals surface area contributed by atoms with Crippen molar-refractivity contribution in [1.29, 1.82) is 0 Å². The van der Waals surface area contributed by atoms with Crippen LogP contribution in [-0.4, -0.2) is 27.0 Å². The van der Waals surface area contributed by atoms with Crippen molar-refractivity contribution >= 4 is 34.7 Å². The molecule has 1 amide bonds. The molecule has 5 rings (SSSR count). The topological polar surface area (TPSA) is 92.2 Å². The highest BCUT2D eigenvalue weighted by atomic mass is 19.1. The van der Waals surface area contributed by atoms with Crippen LogP contribution < -0.4 is 5.32 Å². The molecule has 1 heterocycles. The molecule has 1 aliphatic carbocycles. The lowest BCUT2D eigenvalue weighted by Gasteiger charge is -2.23. The number of rotatable bonds is 6. The number of aromatic nitrogens is 2. The molecule has 0 spiro atoms. The maximum absolute atomic E-state index is 13.6. The van der Waals surface area contributed by atoms with Gasteiger partial charge in [-0.15, -0.1) is 0 Å². The zero-order valence-corrected chi connectivity index (χ0v) is 20.2. The highest BCUT2D eigenvalue weighted by Gasteiger charge is 2.23. The zero-order chi connectivity index (χ0) is 25.8. The second kappa shape index (κ2) is 10.7. The molecule has 3 aromatic carbocycles. The van der Waals surface area contributed by atoms with Crippen LogP contribution in [-0.2, 0) is 4.79 Å². The average molecular weight is 496 g/mol. The molecule has 0 bridgehead atoms. The number of hydrogen-bond donors (Lipinski definition) is 2. The highest BCUT2D eigenvalue weighted by Crippen LogP contribution is 2.37. The Morgan fingerprint density at radius 2 is 1.62 bits per heavy atom. The number of anilines is 1. The van der Waals surface area contributed by atoms with Gasteiger partial charge in [-0.3, -0.25) is 4.79 Å². The van der Waals surface area contributed by atoms with Crippen LogP contribution >= 0.6 is 0 Å². The van der Waals surface area contributed by atoms with Gasteiger partial charge in [0.25, 0.3) is 5.91 Å². The van der Waals surface area contributed by atoms with Gasteiger partial charge in [0.1, 0.15) is 5.82 Å². The monoisotopic (exact) mass is 495 g/mol. The second-order valence-corrected chi connectivity index (χ2v) is 9.25. The fourth-order valence-electron chi connectivity index (χ4n) is 4.74. The molecule has 1 saturated carbocycles. The van der Waals surface area contributed by atoms with Gasteiger partial charge >= 0.3 is 5.97 Å². The number of nitrogens with one attached hydrogen (secondary N) is 1. The van der Waals surface area contributed by atoms with Gasteiger partial charge in [0.05, 0.1) is 22.4 Å². The summed E-state index contributed by atoms with van der Waals surface area (Å²) in [6.45, 7) is 0. The number of carboxylic acids is 1. The SMILES string of the molecule is O=C(O)/C=C/c1ccc(NC(=O)c2ccc3nc(-c4ccc(F)cc4)c(C4CCCCC4)nc3c2)cc1. The summed E-state index contributed by atoms with van der Waals surface area (Å²) < 4.78 is 13.6. The van der Waals surface area contributed by atoms with E-state index in [1.807, 2.05) is 0 Å². The number of carboxylic acid groups (broad SMARTS) is 1. The molecule has 1 aliphatic rings. The van der Waals surface area contributed by atoms with E-state index in [0.717, 1.165) is 48.7 Å². The molecule has 186 valence electrons. The van der Waals surface area contributed by atoms with E-state index in [4.69, 9.17) is 15.1 Å². The van der Waals surface area contributed by atoms with Gasteiger partial charge in [-0.25, -0.2) is 19.2 Å². The van der Waals surface area contributed by atoms with Gasteiger partial charge < -0.3 is 10.4 Å². The first-order valence-corrected chi connectivity index (χ1v) is 12.4. The summed E-state index contributed by atoms with van der Waals surface area (Å²) >= 11 is 0. The molecule has 7 heteroatoms. The highest BCUT2D eigenvalue weighted by molar-refractivity contribution is 6.06. The van der Waals surface area contributed by atoms with E-state index in [-0.39, 0.29) is 17.6 Å². The third-order valence-corrected chi connectivity index (χ3v) is 6.65. The van der Waals surface area contributed by atoms with Gasteiger partial charge in [0.2, 0.25) is 0 Å². The number of hydrogen-bond acceptors (Lipinski definition) is 4. The van der Waals surface area contributed by atoms with E-state index in [9.17, 15) is 14.0 Å². The van der Waals surface area contributed by atoms with E-state index in [0.29, 0.717) is 27.8 Å². The number of carbonyl (C=O) groups excluding carboxylic acids is 1. The van der Waals surface area contributed by atoms with Crippen molar-refractivity contribution in [2.24, 2.45) is 0 Å². The van der Waals surface area contributed by atoms with Crippen LogP contribution in [0.25, 0.3) is 28.4 Å². The van der Waals surface area contributed by atoms with Crippen molar-refractivity contribution in [3.63, 3.8) is 0 Å². The third-order valence-electron chi connectivity index (χ3n) is 6.65. The molecule has 0 radical (unpaired) electrons. The lowest BCUT2D eigenvalue weighted by Crippen LogP contribution is -2.13. The van der Waals surface area contributed by atoms with Crippen molar-refractivity contribution in [3.8, 4) is 11.3 Å². The van der Waals surface area contributed by atoms with Gasteiger partial charge in [-0.1, -0.05) is 31.4 Å². The number of aliphatic carboxylic acids is 1. The van der Waals surface area contributed by atoms with Gasteiger partial charge in [0.15, 0.2) is 0 Å². The van der Waals surface area contributed by atoms with Gasteiger partial charge in [0, 0.05) is 28.8 Å². The predicted octanol–water partition coefficient (Wildman–Crippen LogP) is 6.83. The Morgan fingerprint density at radius 1 is 0.892 bits per heavy atom. The Morgan fingerprint density at radius 3 is 2.32 bits per heavy atom. The van der Waals surface area contributed by atoms with Crippen LogP contribution in [0.15, 0.2) is 72.8 Å². The first kappa shape index (κ1) is 24.3. The lowest BCUT2D eigenvalue weighted by molar-refractivity contribution is -0.131. The van der Waals surface area contributed by atoms with Crippen LogP contribution in [0.5, 0.6) is 0 Å². The minimum absolute atomic E-state index is 0.275. The number of carbonyl (C=O) groups is 2. The smallest absolute Gasteiger partial charge is 0.328 e. The summed E-state index contributed by atoms with van der Waals surface area (Å²) in [5.74, 6) is -1.32. The molecule has 4 aromatic rings. The first-order chi connectivity index (χ1) is 18.0. The van der Waals surface area contributed by atoms with Crippen LogP contribution in [0.1, 0.15) is 59.6 Å². The van der Waals surface area contributed by atoms with Crippen LogP contribution in [0.3, 0.4) is 0 Å². The van der Waals surface area contributed by atoms with E-state index in [1.54, 1.807) is 54.6 Å². The quantitative estimate of drug-likeness (QED) is 0.286. The molecule has 2 N–H and O–H groups in total. The summed E-state index contributed by atoms with van der Waals surface area (Å²) in [6.07, 6.45) is 8.11. The summed E-state index contributed by atoms with van der Waals surface area (Å²) in [6, 6.07) is 18.5. The van der Waals surface area contributed by atoms with Crippen LogP contribution in [0.2, 0.25) is 0 Å². The Labute approximate surface area is 213 Å². The van der Waals surface area contributed by atoms with Crippen molar-refractivity contribution in [1.82, 2.24) is 9.97 Å². The van der Waals surface area contributed by atoms with Crippen LogP contribution in [0.4, 0.5) is 10.1 Å². The normalized spacial score (nSPS) is 14.2. The van der Waals surface area contributed by atoms with Crippen molar-refractivity contribution in [2.45, 2.75) is 38.0 Å². The molecule has 0 saturated heterocycles. The lowest BCUT2D eigenvalue weighted by atomic mass is 9.85. The van der Waals surface area contributed by atoms with Crippen molar-refractivity contribution < 1.29 is 19.1 Å². The van der Waals surface area contributed by atoms with E-state index in [1.165, 1.54) is 24.6 Å². The van der Waals surface area contributed by atoms with Gasteiger partial charge in [-0.05, 0) is 79.1 Å². The number of fused-ring (bicyclic) bond motifs is 1. The van der Waals surface area contributed by atoms with E-state index < -0.39 is 5.97 Å². The molecular weight excluding hydrogens is 469 g/mol. The molecule has 0 atom stereocenters. The predicted molar refractivity (Wildman–Crippen MR) is 142 cm³/mol. The molecule has 0 unspecified atom stereocenters. The Bertz CT molecular complexity index is 1470. The molecule has 1 aromatic heterocycles. The maximum atomic E-state index is 13.6. The largest absolute Gasteiger partial charge is 0.478 e. The molecular formula is C30H26FN3O3. The molecule has 6 nitrogen and oxygen atoms in total. The van der Waals surface area contributed by atoms with E-state index >= 15 is 0 Å². The van der Waals surface area contributed by atoms with Crippen molar-refractivity contribution in [3.05, 3.63) is 95.4 Å². The summed E-state index contributed by atoms with van der Waals surface area (Å²) in [5, 5.41) is 11.6. The minimum Gasteiger partial charge on any atom is -0.478 e. The van der Waals surface area contributed by atoms with Crippen LogP contribution in [0, 0.1) is 5.82 Å². The number of nitrogens with zero attached hydrogens (tertiary/aromatic N) is 2. The fraction of sp³-hybridized carbons (Fsp3) is 0.200. The Balaban J connectivity index is 1.45. The average Bonchev–Trinajstić information content (AvgIpc) is 2.92. The number of benzene rings is 3. The Hall–Kier alpha value is -4.39.